The normalized spacial score (nSPS) is 56.2. The van der Waals surface area contributed by atoms with Gasteiger partial charge in [-0.25, -0.2) is 4.79 Å². The molecule has 36 heavy (non-hydrogen) atoms. The van der Waals surface area contributed by atoms with Crippen LogP contribution in [0.4, 0.5) is 0 Å². The molecule has 9 bridgehead atoms. The van der Waals surface area contributed by atoms with Crippen molar-refractivity contribution in [2.24, 2.45) is 34.0 Å². The number of nitrogens with zero attached hydrogens (tertiary/aromatic N) is 1. The van der Waals surface area contributed by atoms with Gasteiger partial charge in [-0.3, -0.25) is 9.69 Å². The van der Waals surface area contributed by atoms with Crippen LogP contribution < -0.4 is 0 Å². The molecule has 0 amide bonds. The van der Waals surface area contributed by atoms with Crippen LogP contribution in [0, 0.1) is 34.0 Å². The first-order valence-corrected chi connectivity index (χ1v) is 13.4. The van der Waals surface area contributed by atoms with Gasteiger partial charge >= 0.3 is 11.9 Å². The predicted octanol–water partition coefficient (Wildman–Crippen LogP) is 2.31. The van der Waals surface area contributed by atoms with Gasteiger partial charge in [-0.2, -0.15) is 0 Å². The Morgan fingerprint density at radius 3 is 2.61 bits per heavy atom. The van der Waals surface area contributed by atoms with E-state index in [4.69, 9.17) is 9.47 Å². The third-order valence-electron chi connectivity index (χ3n) is 12.0. The van der Waals surface area contributed by atoms with Crippen LogP contribution in [0.5, 0.6) is 0 Å². The maximum Gasteiger partial charge on any atom is 0.338 e. The predicted molar refractivity (Wildman–Crippen MR) is 127 cm³/mol. The molecule has 9 fully saturated rings. The summed E-state index contributed by atoms with van der Waals surface area (Å²) in [5, 5.41) is 24.7. The minimum Gasteiger partial charge on any atom is -0.458 e. The van der Waals surface area contributed by atoms with Crippen LogP contribution in [0.15, 0.2) is 42.5 Å². The summed E-state index contributed by atoms with van der Waals surface area (Å²) in [6, 6.07) is 9.12. The zero-order valence-corrected chi connectivity index (χ0v) is 20.7. The van der Waals surface area contributed by atoms with E-state index in [2.05, 4.69) is 18.4 Å². The number of rotatable bonds is 3. The van der Waals surface area contributed by atoms with E-state index in [0.29, 0.717) is 18.4 Å². The molecular formula is C29H33NO6. The second-order valence-corrected chi connectivity index (χ2v) is 13.1. The molecule has 6 aliphatic carbocycles. The molecule has 2 unspecified atom stereocenters. The van der Waals surface area contributed by atoms with E-state index < -0.39 is 46.7 Å². The summed E-state index contributed by atoms with van der Waals surface area (Å²) in [4.78, 5) is 28.5. The van der Waals surface area contributed by atoms with Crippen LogP contribution in [0.2, 0.25) is 0 Å². The highest BCUT2D eigenvalue weighted by Gasteiger charge is 2.96. The molecule has 9 aliphatic rings. The SMILES string of the molecule is C=C1[C@H]2C[C@@H]3C4N5C[C@]6(C)C[C@H](OC(=O)c7ccccc7)[C@@H](OC(C)=O)[C@@]47[C@@H]6[C@H]5C[C@]3([C@@H]1O)[C@@]7(O)C2. The molecule has 7 nitrogen and oxygen atoms in total. The standard InChI is InChI=1S/C29H33NO6/c1-14-17-9-18-22-29-21-19(11-27(18,23(14)32)28(29,34)10-17)30(22)13-26(21,3)12-20(24(29)35-15(2)31)36-25(33)16-7-5-4-6-8-16/h4-8,17-24,32,34H,1,9-13H2,2-3H3/t17-,18+,19+,20-,21+,22?,23+,24+,26-,27-,28-,29+/m0/s1. The third kappa shape index (κ3) is 1.97. The van der Waals surface area contributed by atoms with Gasteiger partial charge in [-0.15, -0.1) is 0 Å². The number of hydrogen-bond acceptors (Lipinski definition) is 7. The van der Waals surface area contributed by atoms with Crippen LogP contribution in [0.25, 0.3) is 0 Å². The van der Waals surface area contributed by atoms with E-state index in [0.717, 1.165) is 25.0 Å². The fourth-order valence-electron chi connectivity index (χ4n) is 11.6. The van der Waals surface area contributed by atoms with Crippen molar-refractivity contribution in [3.8, 4) is 0 Å². The molecule has 1 aromatic rings. The monoisotopic (exact) mass is 491 g/mol. The molecule has 6 saturated carbocycles. The Bertz CT molecular complexity index is 1230. The van der Waals surface area contributed by atoms with Crippen LogP contribution in [0.3, 0.4) is 0 Å². The van der Waals surface area contributed by atoms with Gasteiger partial charge in [0.05, 0.1) is 22.7 Å². The van der Waals surface area contributed by atoms with Gasteiger partial charge in [0.1, 0.15) is 12.2 Å². The minimum atomic E-state index is -1.21. The Morgan fingerprint density at radius 1 is 1.14 bits per heavy atom. The van der Waals surface area contributed by atoms with E-state index >= 15 is 0 Å². The second-order valence-electron chi connectivity index (χ2n) is 13.1. The van der Waals surface area contributed by atoms with E-state index in [1.165, 1.54) is 6.92 Å². The topological polar surface area (TPSA) is 96.3 Å². The Balaban J connectivity index is 1.32. The van der Waals surface area contributed by atoms with Crippen LogP contribution in [-0.2, 0) is 14.3 Å². The van der Waals surface area contributed by atoms with E-state index in [1.54, 1.807) is 24.3 Å². The van der Waals surface area contributed by atoms with Gasteiger partial charge in [0, 0.05) is 31.0 Å². The van der Waals surface area contributed by atoms with Crippen LogP contribution in [0.1, 0.15) is 49.9 Å². The number of piperidine rings is 2. The molecule has 0 aromatic heterocycles. The van der Waals surface area contributed by atoms with Crippen molar-refractivity contribution in [2.45, 2.75) is 75.5 Å². The molecule has 7 heteroatoms. The Hall–Kier alpha value is -2.22. The minimum absolute atomic E-state index is 0.00495. The lowest BCUT2D eigenvalue weighted by atomic mass is 9.37. The molecule has 3 aliphatic heterocycles. The lowest BCUT2D eigenvalue weighted by Crippen LogP contribution is -2.78. The first-order valence-electron chi connectivity index (χ1n) is 13.4. The highest BCUT2D eigenvalue weighted by atomic mass is 16.6. The highest BCUT2D eigenvalue weighted by Crippen LogP contribution is 2.88. The van der Waals surface area contributed by atoms with Gasteiger partial charge in [0.2, 0.25) is 0 Å². The molecule has 190 valence electrons. The summed E-state index contributed by atoms with van der Waals surface area (Å²) in [6.45, 7) is 8.79. The van der Waals surface area contributed by atoms with Crippen molar-refractivity contribution in [1.29, 1.82) is 0 Å². The van der Waals surface area contributed by atoms with E-state index in [1.807, 2.05) is 6.07 Å². The highest BCUT2D eigenvalue weighted by molar-refractivity contribution is 5.89. The first-order chi connectivity index (χ1) is 17.1. The van der Waals surface area contributed by atoms with Crippen molar-refractivity contribution >= 4 is 11.9 Å². The average molecular weight is 492 g/mol. The van der Waals surface area contributed by atoms with Crippen molar-refractivity contribution < 1.29 is 29.3 Å². The fraction of sp³-hybridized carbons (Fsp3) is 0.655. The number of hydrogen-bond donors (Lipinski definition) is 2. The van der Waals surface area contributed by atoms with Crippen LogP contribution in [-0.4, -0.2) is 69.6 Å². The summed E-state index contributed by atoms with van der Waals surface area (Å²) in [6.07, 6.45) is 0.581. The summed E-state index contributed by atoms with van der Waals surface area (Å²) in [5.41, 5.74) is -1.56. The number of carbonyl (C=O) groups is 2. The van der Waals surface area contributed by atoms with Crippen molar-refractivity contribution in [1.82, 2.24) is 4.90 Å². The van der Waals surface area contributed by atoms with Gasteiger partial charge < -0.3 is 19.7 Å². The zero-order chi connectivity index (χ0) is 25.0. The third-order valence-corrected chi connectivity index (χ3v) is 12.0. The van der Waals surface area contributed by atoms with E-state index in [-0.39, 0.29) is 35.3 Å². The molecule has 2 N–H and O–H groups in total. The van der Waals surface area contributed by atoms with Gasteiger partial charge in [-0.05, 0) is 66.6 Å². The van der Waals surface area contributed by atoms with Gasteiger partial charge in [-0.1, -0.05) is 31.7 Å². The molecule has 3 saturated heterocycles. The summed E-state index contributed by atoms with van der Waals surface area (Å²) < 4.78 is 12.4. The van der Waals surface area contributed by atoms with Crippen LogP contribution >= 0.6 is 0 Å². The number of fused-ring (bicyclic) bond motifs is 1. The van der Waals surface area contributed by atoms with Crippen molar-refractivity contribution in [2.75, 3.05) is 6.54 Å². The largest absolute Gasteiger partial charge is 0.458 e. The van der Waals surface area contributed by atoms with E-state index in [9.17, 15) is 19.8 Å². The summed E-state index contributed by atoms with van der Waals surface area (Å²) in [7, 11) is 0. The lowest BCUT2D eigenvalue weighted by Gasteiger charge is -2.69. The smallest absolute Gasteiger partial charge is 0.338 e. The average Bonchev–Trinajstić information content (AvgIpc) is 3.24. The van der Waals surface area contributed by atoms with Crippen molar-refractivity contribution in [3.63, 3.8) is 0 Å². The van der Waals surface area contributed by atoms with Crippen molar-refractivity contribution in [3.05, 3.63) is 48.0 Å². The fourth-order valence-corrected chi connectivity index (χ4v) is 11.6. The number of ether oxygens (including phenoxy) is 2. The Kier molecular flexibility index (Phi) is 3.79. The van der Waals surface area contributed by atoms with Gasteiger partial charge in [0.15, 0.2) is 0 Å². The second kappa shape index (κ2) is 6.25. The molecule has 10 rings (SSSR count). The molecule has 2 spiro atoms. The molecule has 1 aromatic carbocycles. The molecule has 3 heterocycles. The Labute approximate surface area is 210 Å². The summed E-state index contributed by atoms with van der Waals surface area (Å²) >= 11 is 0. The number of carbonyl (C=O) groups excluding carboxylic acids is 2. The Morgan fingerprint density at radius 2 is 1.89 bits per heavy atom. The maximum absolute atomic E-state index is 13.3. The maximum atomic E-state index is 13.3. The lowest BCUT2D eigenvalue weighted by molar-refractivity contribution is -0.304. The number of aliphatic hydroxyl groups excluding tert-OH is 1. The number of benzene rings is 1. The molecule has 0 radical (unpaired) electrons. The molecule has 13 atom stereocenters. The quantitative estimate of drug-likeness (QED) is 0.495. The zero-order valence-electron chi connectivity index (χ0n) is 20.7. The molecular weight excluding hydrogens is 458 g/mol. The number of esters is 2. The number of aliphatic hydroxyl groups is 2. The van der Waals surface area contributed by atoms with Gasteiger partial charge in [0.25, 0.3) is 0 Å². The summed E-state index contributed by atoms with van der Waals surface area (Å²) in [5.74, 6) is -0.596. The first kappa shape index (κ1) is 21.8.